The van der Waals surface area contributed by atoms with E-state index in [1.54, 1.807) is 0 Å². The van der Waals surface area contributed by atoms with Crippen molar-refractivity contribution in [3.63, 3.8) is 0 Å². The number of amides is 3. The number of nitrogens with one attached hydrogen (secondary N) is 3. The summed E-state index contributed by atoms with van der Waals surface area (Å²) in [6.07, 6.45) is 0. The van der Waals surface area contributed by atoms with Gasteiger partial charge in [-0.3, -0.25) is 9.59 Å². The number of carbonyl (C=O) groups excluding carboxylic acids is 2. The smallest absolute Gasteiger partial charge is 0.322 e. The summed E-state index contributed by atoms with van der Waals surface area (Å²) in [5, 5.41) is 15.7. The zero-order valence-corrected chi connectivity index (χ0v) is 12.4. The molecule has 1 fully saturated rings. The van der Waals surface area contributed by atoms with Crippen LogP contribution < -0.4 is 16.0 Å². The topological polar surface area (TPSA) is 108 Å². The number of hydrogen-bond donors (Lipinski definition) is 4. The minimum absolute atomic E-state index is 0.194. The standard InChI is InChI=1S/C13H23N3O4/c1-12(2)8(13(12,3)4)5-15-11(20)16-6-9(17)14-7-10(18)19/h8H,5-7H2,1-4H3,(H,14,17)(H,18,19)(H2,15,16,20). The Labute approximate surface area is 118 Å². The molecule has 1 saturated carbocycles. The van der Waals surface area contributed by atoms with E-state index in [4.69, 9.17) is 5.11 Å². The van der Waals surface area contributed by atoms with E-state index in [-0.39, 0.29) is 17.4 Å². The molecule has 7 heteroatoms. The lowest BCUT2D eigenvalue weighted by atomic mass is 10.0. The molecule has 0 aromatic rings. The van der Waals surface area contributed by atoms with Gasteiger partial charge in [0, 0.05) is 6.54 Å². The van der Waals surface area contributed by atoms with Crippen molar-refractivity contribution in [1.29, 1.82) is 0 Å². The van der Waals surface area contributed by atoms with Crippen LogP contribution in [0.4, 0.5) is 4.79 Å². The summed E-state index contributed by atoms with van der Waals surface area (Å²) >= 11 is 0. The molecule has 0 unspecified atom stereocenters. The maximum absolute atomic E-state index is 11.5. The van der Waals surface area contributed by atoms with Gasteiger partial charge in [0.1, 0.15) is 6.54 Å². The van der Waals surface area contributed by atoms with E-state index in [0.717, 1.165) is 0 Å². The van der Waals surface area contributed by atoms with Crippen LogP contribution in [0, 0.1) is 16.7 Å². The molecule has 7 nitrogen and oxygen atoms in total. The third-order valence-electron chi connectivity index (χ3n) is 4.63. The quantitative estimate of drug-likeness (QED) is 0.558. The second-order valence-electron chi connectivity index (χ2n) is 6.23. The molecule has 0 aromatic carbocycles. The van der Waals surface area contributed by atoms with Crippen LogP contribution in [0.2, 0.25) is 0 Å². The molecule has 1 aliphatic rings. The monoisotopic (exact) mass is 285 g/mol. The van der Waals surface area contributed by atoms with Crippen LogP contribution in [-0.2, 0) is 9.59 Å². The normalized spacial score (nSPS) is 19.0. The average molecular weight is 285 g/mol. The number of carboxylic acid groups (broad SMARTS) is 1. The number of carbonyl (C=O) groups is 3. The second-order valence-corrected chi connectivity index (χ2v) is 6.23. The minimum Gasteiger partial charge on any atom is -0.480 e. The van der Waals surface area contributed by atoms with Gasteiger partial charge in [0.25, 0.3) is 0 Å². The zero-order chi connectivity index (χ0) is 15.6. The molecule has 0 aliphatic heterocycles. The molecular formula is C13H23N3O4. The fourth-order valence-corrected chi connectivity index (χ4v) is 2.50. The summed E-state index contributed by atoms with van der Waals surface area (Å²) in [6, 6.07) is -0.422. The van der Waals surface area contributed by atoms with Gasteiger partial charge >= 0.3 is 12.0 Å². The van der Waals surface area contributed by atoms with Crippen molar-refractivity contribution < 1.29 is 19.5 Å². The first kappa shape index (κ1) is 16.3. The van der Waals surface area contributed by atoms with E-state index in [2.05, 4.69) is 43.6 Å². The highest BCUT2D eigenvalue weighted by Gasteiger charge is 2.64. The van der Waals surface area contributed by atoms with Crippen LogP contribution in [0.1, 0.15) is 27.7 Å². The van der Waals surface area contributed by atoms with E-state index in [0.29, 0.717) is 12.5 Å². The molecule has 0 spiro atoms. The summed E-state index contributed by atoms with van der Waals surface area (Å²) in [4.78, 5) is 32.9. The van der Waals surface area contributed by atoms with E-state index < -0.39 is 24.5 Å². The lowest BCUT2D eigenvalue weighted by Gasteiger charge is -2.08. The van der Waals surface area contributed by atoms with E-state index in [9.17, 15) is 14.4 Å². The van der Waals surface area contributed by atoms with E-state index in [1.165, 1.54) is 0 Å². The van der Waals surface area contributed by atoms with Crippen LogP contribution in [0.3, 0.4) is 0 Å². The van der Waals surface area contributed by atoms with Gasteiger partial charge in [-0.15, -0.1) is 0 Å². The van der Waals surface area contributed by atoms with Crippen molar-refractivity contribution in [1.82, 2.24) is 16.0 Å². The molecule has 0 saturated heterocycles. The van der Waals surface area contributed by atoms with Gasteiger partial charge in [0.05, 0.1) is 6.54 Å². The van der Waals surface area contributed by atoms with Crippen LogP contribution in [0.25, 0.3) is 0 Å². The Bertz CT molecular complexity index is 404. The number of carboxylic acids is 1. The third kappa shape index (κ3) is 3.61. The van der Waals surface area contributed by atoms with E-state index in [1.807, 2.05) is 0 Å². The van der Waals surface area contributed by atoms with Crippen molar-refractivity contribution in [2.45, 2.75) is 27.7 Å². The van der Waals surface area contributed by atoms with Gasteiger partial charge in [-0.05, 0) is 16.7 Å². The molecule has 0 atom stereocenters. The highest BCUT2D eigenvalue weighted by atomic mass is 16.4. The maximum atomic E-state index is 11.5. The number of aliphatic carboxylic acids is 1. The highest BCUT2D eigenvalue weighted by Crippen LogP contribution is 2.67. The van der Waals surface area contributed by atoms with E-state index >= 15 is 0 Å². The minimum atomic E-state index is -1.12. The fraction of sp³-hybridized carbons (Fsp3) is 0.769. The van der Waals surface area contributed by atoms with Crippen molar-refractivity contribution in [2.24, 2.45) is 16.7 Å². The molecule has 0 aromatic heterocycles. The SMILES string of the molecule is CC1(C)C(CNC(=O)NCC(=O)NCC(=O)O)C1(C)C. The molecule has 1 aliphatic carbocycles. The Morgan fingerprint density at radius 3 is 1.95 bits per heavy atom. The van der Waals surface area contributed by atoms with Gasteiger partial charge in [-0.25, -0.2) is 4.79 Å². The molecule has 1 rings (SSSR count). The van der Waals surface area contributed by atoms with Crippen LogP contribution in [0.5, 0.6) is 0 Å². The predicted molar refractivity (Wildman–Crippen MR) is 73.1 cm³/mol. The van der Waals surface area contributed by atoms with Crippen LogP contribution >= 0.6 is 0 Å². The Balaban J connectivity index is 2.19. The first-order valence-corrected chi connectivity index (χ1v) is 6.59. The maximum Gasteiger partial charge on any atom is 0.322 e. The van der Waals surface area contributed by atoms with Crippen LogP contribution in [0.15, 0.2) is 0 Å². The number of rotatable bonds is 6. The molecule has 20 heavy (non-hydrogen) atoms. The largest absolute Gasteiger partial charge is 0.480 e. The molecule has 114 valence electrons. The summed E-state index contributed by atoms with van der Waals surface area (Å²) in [5.74, 6) is -1.25. The Morgan fingerprint density at radius 1 is 0.950 bits per heavy atom. The summed E-state index contributed by atoms with van der Waals surface area (Å²) < 4.78 is 0. The van der Waals surface area contributed by atoms with Crippen molar-refractivity contribution >= 4 is 17.9 Å². The lowest BCUT2D eigenvalue weighted by Crippen LogP contribution is -2.43. The highest BCUT2D eigenvalue weighted by molar-refractivity contribution is 5.86. The van der Waals surface area contributed by atoms with Crippen molar-refractivity contribution in [3.05, 3.63) is 0 Å². The first-order valence-electron chi connectivity index (χ1n) is 6.59. The predicted octanol–water partition coefficient (Wildman–Crippen LogP) is 0.169. The summed E-state index contributed by atoms with van der Waals surface area (Å²) in [7, 11) is 0. The van der Waals surface area contributed by atoms with Gasteiger partial charge in [-0.2, -0.15) is 0 Å². The van der Waals surface area contributed by atoms with Gasteiger partial charge < -0.3 is 21.1 Å². The molecular weight excluding hydrogens is 262 g/mol. The summed E-state index contributed by atoms with van der Waals surface area (Å²) in [5.41, 5.74) is 0.387. The van der Waals surface area contributed by atoms with Gasteiger partial charge in [-0.1, -0.05) is 27.7 Å². The third-order valence-corrected chi connectivity index (χ3v) is 4.63. The summed E-state index contributed by atoms with van der Waals surface area (Å²) in [6.45, 7) is 8.52. The van der Waals surface area contributed by atoms with Gasteiger partial charge in [0.2, 0.25) is 5.91 Å². The fourth-order valence-electron chi connectivity index (χ4n) is 2.50. The average Bonchev–Trinajstić information content (AvgIpc) is 2.72. The first-order chi connectivity index (χ1) is 9.09. The molecule has 3 amide bonds. The zero-order valence-electron chi connectivity index (χ0n) is 12.4. The Kier molecular flexibility index (Phi) is 4.62. The Hall–Kier alpha value is -1.79. The lowest BCUT2D eigenvalue weighted by molar-refractivity contribution is -0.137. The Morgan fingerprint density at radius 2 is 1.50 bits per heavy atom. The van der Waals surface area contributed by atoms with Crippen molar-refractivity contribution in [3.8, 4) is 0 Å². The number of hydrogen-bond acceptors (Lipinski definition) is 3. The van der Waals surface area contributed by atoms with Crippen molar-refractivity contribution in [2.75, 3.05) is 19.6 Å². The van der Waals surface area contributed by atoms with Crippen LogP contribution in [-0.4, -0.2) is 42.6 Å². The molecule has 4 N–H and O–H groups in total. The second kappa shape index (κ2) is 5.68. The molecule has 0 heterocycles. The molecule has 0 radical (unpaired) electrons. The molecule has 0 bridgehead atoms. The van der Waals surface area contributed by atoms with Gasteiger partial charge in [0.15, 0.2) is 0 Å². The number of urea groups is 1.